The lowest BCUT2D eigenvalue weighted by Crippen LogP contribution is -2.38. The number of nitrogens with zero attached hydrogens (tertiary/aromatic N) is 1. The SMILES string of the molecule is CC(C)S(=O)(=O)NCCC(=O)N1CCCCC1. The Morgan fingerprint density at radius 3 is 2.35 bits per heavy atom. The topological polar surface area (TPSA) is 66.5 Å². The third kappa shape index (κ3) is 4.63. The highest BCUT2D eigenvalue weighted by Gasteiger charge is 2.18. The molecule has 1 rings (SSSR count). The van der Waals surface area contributed by atoms with E-state index in [-0.39, 0.29) is 18.9 Å². The van der Waals surface area contributed by atoms with Crippen molar-refractivity contribution >= 4 is 15.9 Å². The normalized spacial score (nSPS) is 17.5. The fraction of sp³-hybridized carbons (Fsp3) is 0.909. The Balaban J connectivity index is 2.29. The number of hydrogen-bond acceptors (Lipinski definition) is 3. The molecule has 1 saturated heterocycles. The van der Waals surface area contributed by atoms with Gasteiger partial charge < -0.3 is 4.90 Å². The summed E-state index contributed by atoms with van der Waals surface area (Å²) < 4.78 is 25.4. The van der Waals surface area contributed by atoms with Crippen LogP contribution in [0.3, 0.4) is 0 Å². The first-order chi connectivity index (χ1) is 7.93. The van der Waals surface area contributed by atoms with Crippen molar-refractivity contribution in [3.05, 3.63) is 0 Å². The zero-order valence-electron chi connectivity index (χ0n) is 10.6. The van der Waals surface area contributed by atoms with Gasteiger partial charge in [-0.1, -0.05) is 0 Å². The molecule has 1 N–H and O–H groups in total. The van der Waals surface area contributed by atoms with Gasteiger partial charge >= 0.3 is 0 Å². The number of piperidine rings is 1. The van der Waals surface area contributed by atoms with Gasteiger partial charge in [-0.15, -0.1) is 0 Å². The van der Waals surface area contributed by atoms with E-state index in [2.05, 4.69) is 4.72 Å². The highest BCUT2D eigenvalue weighted by atomic mass is 32.2. The standard InChI is InChI=1S/C11H22N2O3S/c1-10(2)17(15,16)12-7-6-11(14)13-8-4-3-5-9-13/h10,12H,3-9H2,1-2H3. The summed E-state index contributed by atoms with van der Waals surface area (Å²) in [5, 5.41) is -0.451. The second-order valence-electron chi connectivity index (χ2n) is 4.68. The van der Waals surface area contributed by atoms with Crippen LogP contribution in [0.15, 0.2) is 0 Å². The highest BCUT2D eigenvalue weighted by Crippen LogP contribution is 2.09. The first-order valence-corrected chi connectivity index (χ1v) is 7.74. The molecule has 0 aliphatic carbocycles. The van der Waals surface area contributed by atoms with Crippen LogP contribution in [0.4, 0.5) is 0 Å². The van der Waals surface area contributed by atoms with Crippen LogP contribution < -0.4 is 4.72 Å². The molecule has 1 amide bonds. The Kier molecular flexibility index (Phi) is 5.39. The Hall–Kier alpha value is -0.620. The van der Waals surface area contributed by atoms with Crippen molar-refractivity contribution in [3.8, 4) is 0 Å². The van der Waals surface area contributed by atoms with Gasteiger partial charge in [-0.2, -0.15) is 0 Å². The molecular weight excluding hydrogens is 240 g/mol. The maximum absolute atomic E-state index is 11.7. The van der Waals surface area contributed by atoms with E-state index in [4.69, 9.17) is 0 Å². The van der Waals surface area contributed by atoms with Crippen molar-refractivity contribution in [1.29, 1.82) is 0 Å². The molecule has 0 unspecified atom stereocenters. The van der Waals surface area contributed by atoms with Gasteiger partial charge in [0.1, 0.15) is 0 Å². The minimum Gasteiger partial charge on any atom is -0.343 e. The maximum atomic E-state index is 11.7. The molecule has 0 atom stereocenters. The zero-order valence-corrected chi connectivity index (χ0v) is 11.4. The van der Waals surface area contributed by atoms with Crippen molar-refractivity contribution in [2.75, 3.05) is 19.6 Å². The number of carbonyl (C=O) groups is 1. The van der Waals surface area contributed by atoms with Gasteiger partial charge in [0.05, 0.1) is 5.25 Å². The van der Waals surface area contributed by atoms with E-state index in [1.807, 2.05) is 4.90 Å². The monoisotopic (exact) mass is 262 g/mol. The minimum absolute atomic E-state index is 0.0520. The number of likely N-dealkylation sites (tertiary alicyclic amines) is 1. The van der Waals surface area contributed by atoms with Crippen LogP contribution in [-0.4, -0.2) is 44.1 Å². The van der Waals surface area contributed by atoms with E-state index in [0.717, 1.165) is 25.9 Å². The van der Waals surface area contributed by atoms with Gasteiger partial charge in [0.2, 0.25) is 15.9 Å². The summed E-state index contributed by atoms with van der Waals surface area (Å²) >= 11 is 0. The van der Waals surface area contributed by atoms with Crippen molar-refractivity contribution in [3.63, 3.8) is 0 Å². The third-order valence-corrected chi connectivity index (χ3v) is 4.82. The molecule has 5 nitrogen and oxygen atoms in total. The molecule has 0 aromatic carbocycles. The molecule has 1 fully saturated rings. The van der Waals surface area contributed by atoms with Crippen LogP contribution in [0, 0.1) is 0 Å². The van der Waals surface area contributed by atoms with Crippen molar-refractivity contribution in [2.24, 2.45) is 0 Å². The highest BCUT2D eigenvalue weighted by molar-refractivity contribution is 7.90. The molecule has 1 heterocycles. The second-order valence-corrected chi connectivity index (χ2v) is 7.00. The van der Waals surface area contributed by atoms with Crippen LogP contribution in [0.25, 0.3) is 0 Å². The Labute approximate surface area is 104 Å². The van der Waals surface area contributed by atoms with E-state index in [1.54, 1.807) is 13.8 Å². The second kappa shape index (κ2) is 6.35. The smallest absolute Gasteiger partial charge is 0.223 e. The largest absolute Gasteiger partial charge is 0.343 e. The molecule has 0 saturated carbocycles. The molecule has 0 radical (unpaired) electrons. The number of nitrogens with one attached hydrogen (secondary N) is 1. The Morgan fingerprint density at radius 1 is 1.24 bits per heavy atom. The molecular formula is C11H22N2O3S. The summed E-state index contributed by atoms with van der Waals surface area (Å²) in [6, 6.07) is 0. The first-order valence-electron chi connectivity index (χ1n) is 6.20. The summed E-state index contributed by atoms with van der Waals surface area (Å²) in [6.45, 7) is 5.07. The number of sulfonamides is 1. The average molecular weight is 262 g/mol. The fourth-order valence-electron chi connectivity index (χ4n) is 1.77. The van der Waals surface area contributed by atoms with Crippen LogP contribution in [0.1, 0.15) is 39.5 Å². The van der Waals surface area contributed by atoms with Crippen LogP contribution in [0.2, 0.25) is 0 Å². The molecule has 100 valence electrons. The zero-order chi connectivity index (χ0) is 12.9. The van der Waals surface area contributed by atoms with Crippen LogP contribution in [-0.2, 0) is 14.8 Å². The first kappa shape index (κ1) is 14.4. The molecule has 17 heavy (non-hydrogen) atoms. The molecule has 6 heteroatoms. The molecule has 0 aromatic rings. The molecule has 1 aliphatic rings. The van der Waals surface area contributed by atoms with Crippen molar-refractivity contribution in [1.82, 2.24) is 9.62 Å². The van der Waals surface area contributed by atoms with Crippen LogP contribution in [0.5, 0.6) is 0 Å². The van der Waals surface area contributed by atoms with Gasteiger partial charge in [-0.05, 0) is 33.1 Å². The lowest BCUT2D eigenvalue weighted by atomic mass is 10.1. The van der Waals surface area contributed by atoms with E-state index in [1.165, 1.54) is 6.42 Å². The Morgan fingerprint density at radius 2 is 1.82 bits per heavy atom. The summed E-state index contributed by atoms with van der Waals surface area (Å²) in [7, 11) is -3.25. The fourth-order valence-corrected chi connectivity index (χ4v) is 2.49. The summed E-state index contributed by atoms with van der Waals surface area (Å²) in [5.74, 6) is 0.0520. The molecule has 0 aromatic heterocycles. The quantitative estimate of drug-likeness (QED) is 0.794. The number of hydrogen-bond donors (Lipinski definition) is 1. The minimum atomic E-state index is -3.25. The number of carbonyl (C=O) groups excluding carboxylic acids is 1. The van der Waals surface area contributed by atoms with Gasteiger partial charge in [-0.25, -0.2) is 13.1 Å². The van der Waals surface area contributed by atoms with Crippen molar-refractivity contribution < 1.29 is 13.2 Å². The maximum Gasteiger partial charge on any atom is 0.223 e. The number of rotatable bonds is 5. The average Bonchev–Trinajstić information content (AvgIpc) is 2.29. The van der Waals surface area contributed by atoms with Gasteiger partial charge in [0, 0.05) is 26.1 Å². The summed E-state index contributed by atoms with van der Waals surface area (Å²) in [5.41, 5.74) is 0. The third-order valence-electron chi connectivity index (χ3n) is 2.97. The van der Waals surface area contributed by atoms with Crippen molar-refractivity contribution in [2.45, 2.75) is 44.8 Å². The van der Waals surface area contributed by atoms with E-state index in [0.29, 0.717) is 0 Å². The summed E-state index contributed by atoms with van der Waals surface area (Å²) in [6.07, 6.45) is 3.56. The van der Waals surface area contributed by atoms with Gasteiger partial charge in [0.15, 0.2) is 0 Å². The molecule has 1 aliphatic heterocycles. The Bertz CT molecular complexity index is 346. The molecule has 0 spiro atoms. The molecule has 0 bridgehead atoms. The summed E-state index contributed by atoms with van der Waals surface area (Å²) in [4.78, 5) is 13.6. The predicted molar refractivity (Wildman–Crippen MR) is 67.1 cm³/mol. The van der Waals surface area contributed by atoms with E-state index >= 15 is 0 Å². The van der Waals surface area contributed by atoms with E-state index in [9.17, 15) is 13.2 Å². The van der Waals surface area contributed by atoms with Gasteiger partial charge in [-0.3, -0.25) is 4.79 Å². The van der Waals surface area contributed by atoms with E-state index < -0.39 is 15.3 Å². The lowest BCUT2D eigenvalue weighted by molar-refractivity contribution is -0.131. The lowest BCUT2D eigenvalue weighted by Gasteiger charge is -2.26. The number of amides is 1. The predicted octanol–water partition coefficient (Wildman–Crippen LogP) is 0.717. The van der Waals surface area contributed by atoms with Crippen LogP contribution >= 0.6 is 0 Å². The van der Waals surface area contributed by atoms with Gasteiger partial charge in [0.25, 0.3) is 0 Å².